The Balaban J connectivity index is 1.21. The minimum atomic E-state index is 0.592. The molecule has 0 N–H and O–H groups in total. The Hall–Kier alpha value is -1.95. The Morgan fingerprint density at radius 2 is 2.00 bits per heavy atom. The van der Waals surface area contributed by atoms with Crippen LogP contribution in [0.3, 0.4) is 0 Å². The van der Waals surface area contributed by atoms with E-state index in [1.807, 2.05) is 0 Å². The number of hydrogen-bond donors (Lipinski definition) is 0. The highest BCUT2D eigenvalue weighted by molar-refractivity contribution is 5.45. The van der Waals surface area contributed by atoms with E-state index in [1.165, 1.54) is 54.6 Å². The maximum absolute atomic E-state index is 4.52. The quantitative estimate of drug-likeness (QED) is 0.851. The summed E-state index contributed by atoms with van der Waals surface area (Å²) in [7, 11) is 2.24. The van der Waals surface area contributed by atoms with Gasteiger partial charge in [-0.1, -0.05) is 0 Å². The van der Waals surface area contributed by atoms with Crippen molar-refractivity contribution in [1.82, 2.24) is 24.9 Å². The van der Waals surface area contributed by atoms with Crippen molar-refractivity contribution in [3.63, 3.8) is 0 Å². The Labute approximate surface area is 148 Å². The summed E-state index contributed by atoms with van der Waals surface area (Å²) in [6.07, 6.45) is 9.32. The molecule has 0 aromatic carbocycles. The van der Waals surface area contributed by atoms with Gasteiger partial charge in [0.05, 0.1) is 11.9 Å². The number of anilines is 1. The van der Waals surface area contributed by atoms with Gasteiger partial charge in [0.2, 0.25) is 0 Å². The van der Waals surface area contributed by atoms with Crippen LogP contribution in [0.15, 0.2) is 12.3 Å². The second-order valence-electron chi connectivity index (χ2n) is 7.80. The van der Waals surface area contributed by atoms with Crippen LogP contribution in [0.25, 0.3) is 0 Å². The molecule has 0 radical (unpaired) electrons. The molecule has 6 heteroatoms. The first kappa shape index (κ1) is 15.3. The van der Waals surface area contributed by atoms with Crippen LogP contribution in [0.1, 0.15) is 41.8 Å². The van der Waals surface area contributed by atoms with E-state index in [0.29, 0.717) is 6.04 Å². The van der Waals surface area contributed by atoms with Gasteiger partial charge in [0.25, 0.3) is 0 Å². The monoisotopic (exact) mass is 338 g/mol. The van der Waals surface area contributed by atoms with Crippen molar-refractivity contribution in [3.05, 3.63) is 34.8 Å². The normalized spacial score (nSPS) is 19.8. The van der Waals surface area contributed by atoms with Gasteiger partial charge in [-0.2, -0.15) is 10.2 Å². The molecule has 2 aromatic heterocycles. The number of aryl methyl sites for hydroxylation is 3. The Kier molecular flexibility index (Phi) is 3.73. The van der Waals surface area contributed by atoms with Crippen LogP contribution in [0.2, 0.25) is 0 Å². The van der Waals surface area contributed by atoms with Gasteiger partial charge in [-0.05, 0) is 57.2 Å². The topological polar surface area (TPSA) is 50.1 Å². The Bertz CT molecular complexity index is 776. The molecule has 2 aromatic rings. The number of likely N-dealkylation sites (N-methyl/N-ethyl adjacent to an activating group) is 1. The number of nitrogens with zero attached hydrogens (tertiary/aromatic N) is 6. The predicted octanol–water partition coefficient (Wildman–Crippen LogP) is 1.82. The summed E-state index contributed by atoms with van der Waals surface area (Å²) < 4.78 is 2.18. The molecule has 25 heavy (non-hydrogen) atoms. The zero-order valence-electron chi connectivity index (χ0n) is 15.0. The number of aromatic nitrogens is 4. The van der Waals surface area contributed by atoms with Crippen molar-refractivity contribution < 1.29 is 0 Å². The van der Waals surface area contributed by atoms with Crippen molar-refractivity contribution in [3.8, 4) is 0 Å². The van der Waals surface area contributed by atoms with Crippen LogP contribution in [0, 0.1) is 0 Å². The molecule has 5 rings (SSSR count). The van der Waals surface area contributed by atoms with Gasteiger partial charge in [-0.3, -0.25) is 9.58 Å². The summed E-state index contributed by atoms with van der Waals surface area (Å²) in [4.78, 5) is 4.84. The molecule has 1 fully saturated rings. The molecule has 2 aliphatic heterocycles. The zero-order valence-corrected chi connectivity index (χ0v) is 15.0. The molecule has 0 spiro atoms. The summed E-state index contributed by atoms with van der Waals surface area (Å²) in [5.74, 6) is 1.07. The van der Waals surface area contributed by atoms with Crippen LogP contribution in [-0.4, -0.2) is 51.1 Å². The van der Waals surface area contributed by atoms with Gasteiger partial charge in [-0.25, -0.2) is 0 Å². The highest BCUT2D eigenvalue weighted by Gasteiger charge is 2.32. The van der Waals surface area contributed by atoms with Gasteiger partial charge in [0.15, 0.2) is 5.82 Å². The van der Waals surface area contributed by atoms with Gasteiger partial charge in [-0.15, -0.1) is 5.10 Å². The van der Waals surface area contributed by atoms with Crippen molar-refractivity contribution in [2.75, 3.05) is 25.0 Å². The van der Waals surface area contributed by atoms with E-state index < -0.39 is 0 Å². The van der Waals surface area contributed by atoms with Crippen molar-refractivity contribution in [2.24, 2.45) is 0 Å². The molecule has 0 unspecified atom stereocenters. The van der Waals surface area contributed by atoms with E-state index in [-0.39, 0.29) is 0 Å². The van der Waals surface area contributed by atoms with Gasteiger partial charge in [0, 0.05) is 43.5 Å². The molecule has 0 amide bonds. The maximum Gasteiger partial charge on any atom is 0.151 e. The SMILES string of the molecule is CN(Cc1cnn2c1CCC2)C1CN(c2cc3c(nn2)CCCC3)C1. The van der Waals surface area contributed by atoms with Crippen LogP contribution in [0.4, 0.5) is 5.82 Å². The largest absolute Gasteiger partial charge is 0.352 e. The third-order valence-electron chi connectivity index (χ3n) is 6.10. The van der Waals surface area contributed by atoms with E-state index in [4.69, 9.17) is 0 Å². The minimum absolute atomic E-state index is 0.592. The standard InChI is InChI=1S/C19H26N6/c1-23(11-15-10-20-25-8-4-7-18(15)25)16-12-24(13-16)19-9-14-5-2-3-6-17(14)21-22-19/h9-10,16H,2-8,11-13H2,1H3. The van der Waals surface area contributed by atoms with Crippen LogP contribution >= 0.6 is 0 Å². The summed E-state index contributed by atoms with van der Waals surface area (Å²) in [5.41, 5.74) is 5.50. The lowest BCUT2D eigenvalue weighted by molar-refractivity contribution is 0.196. The molecule has 6 nitrogen and oxygen atoms in total. The third-order valence-corrected chi connectivity index (χ3v) is 6.10. The predicted molar refractivity (Wildman–Crippen MR) is 96.7 cm³/mol. The first-order valence-corrected chi connectivity index (χ1v) is 9.62. The molecule has 0 saturated carbocycles. The second-order valence-corrected chi connectivity index (χ2v) is 7.80. The van der Waals surface area contributed by atoms with Gasteiger partial charge < -0.3 is 4.90 Å². The van der Waals surface area contributed by atoms with E-state index in [0.717, 1.165) is 38.4 Å². The molecule has 0 bridgehead atoms. The van der Waals surface area contributed by atoms with E-state index >= 15 is 0 Å². The number of fused-ring (bicyclic) bond motifs is 2. The van der Waals surface area contributed by atoms with Crippen molar-refractivity contribution in [2.45, 2.75) is 57.7 Å². The molecule has 1 aliphatic carbocycles. The molecular formula is C19H26N6. The average molecular weight is 338 g/mol. The van der Waals surface area contributed by atoms with Gasteiger partial charge in [0.1, 0.15) is 0 Å². The summed E-state index contributed by atoms with van der Waals surface area (Å²) in [6.45, 7) is 4.19. The van der Waals surface area contributed by atoms with Crippen LogP contribution in [0.5, 0.6) is 0 Å². The molecule has 132 valence electrons. The van der Waals surface area contributed by atoms with E-state index in [9.17, 15) is 0 Å². The molecule has 1 saturated heterocycles. The first-order valence-electron chi connectivity index (χ1n) is 9.62. The highest BCUT2D eigenvalue weighted by Crippen LogP contribution is 2.27. The highest BCUT2D eigenvalue weighted by atomic mass is 15.4. The molecule has 3 aliphatic rings. The number of rotatable bonds is 4. The maximum atomic E-state index is 4.52. The van der Waals surface area contributed by atoms with E-state index in [1.54, 1.807) is 0 Å². The lowest BCUT2D eigenvalue weighted by Gasteiger charge is -2.44. The van der Waals surface area contributed by atoms with Gasteiger partial charge >= 0.3 is 0 Å². The molecule has 4 heterocycles. The van der Waals surface area contributed by atoms with Crippen molar-refractivity contribution in [1.29, 1.82) is 0 Å². The third kappa shape index (κ3) is 2.72. The summed E-state index contributed by atoms with van der Waals surface area (Å²) in [5, 5.41) is 13.5. The van der Waals surface area contributed by atoms with E-state index in [2.05, 4.69) is 49.1 Å². The summed E-state index contributed by atoms with van der Waals surface area (Å²) in [6, 6.07) is 2.87. The fourth-order valence-corrected chi connectivity index (χ4v) is 4.41. The molecular weight excluding hydrogens is 312 g/mol. The second kappa shape index (κ2) is 6.09. The lowest BCUT2D eigenvalue weighted by atomic mass is 9.96. The summed E-state index contributed by atoms with van der Waals surface area (Å²) >= 11 is 0. The van der Waals surface area contributed by atoms with Crippen LogP contribution in [-0.2, 0) is 32.4 Å². The average Bonchev–Trinajstić information content (AvgIpc) is 3.18. The fourth-order valence-electron chi connectivity index (χ4n) is 4.41. The first-order chi connectivity index (χ1) is 12.3. The molecule has 0 atom stereocenters. The lowest BCUT2D eigenvalue weighted by Crippen LogP contribution is -2.58. The Morgan fingerprint density at radius 1 is 1.12 bits per heavy atom. The number of hydrogen-bond acceptors (Lipinski definition) is 5. The smallest absolute Gasteiger partial charge is 0.151 e. The van der Waals surface area contributed by atoms with Crippen LogP contribution < -0.4 is 4.90 Å². The Morgan fingerprint density at radius 3 is 2.92 bits per heavy atom. The minimum Gasteiger partial charge on any atom is -0.352 e. The van der Waals surface area contributed by atoms with Crippen molar-refractivity contribution >= 4 is 5.82 Å². The zero-order chi connectivity index (χ0) is 16.8. The fraction of sp³-hybridized carbons (Fsp3) is 0.632.